The summed E-state index contributed by atoms with van der Waals surface area (Å²) in [6.07, 6.45) is 0.449. The Hall–Kier alpha value is -3.73. The fourth-order valence-electron chi connectivity index (χ4n) is 3.01. The highest BCUT2D eigenvalue weighted by Gasteiger charge is 2.30. The van der Waals surface area contributed by atoms with E-state index in [0.717, 1.165) is 29.8 Å². The van der Waals surface area contributed by atoms with Gasteiger partial charge in [0.15, 0.2) is 10.8 Å². The highest BCUT2D eigenvalue weighted by Crippen LogP contribution is 2.30. The second-order valence-electron chi connectivity index (χ2n) is 7.00. The quantitative estimate of drug-likeness (QED) is 0.295. The number of nitrogens with one attached hydrogen (secondary N) is 2. The first kappa shape index (κ1) is 22.5. The van der Waals surface area contributed by atoms with Crippen molar-refractivity contribution in [3.63, 3.8) is 0 Å². The van der Waals surface area contributed by atoms with E-state index in [9.17, 15) is 18.0 Å². The number of benzene rings is 2. The number of hydrogen-bond donors (Lipinski definition) is 2. The van der Waals surface area contributed by atoms with E-state index >= 15 is 0 Å². The number of alkyl halides is 3. The second-order valence-corrected chi connectivity index (χ2v) is 7.77. The van der Waals surface area contributed by atoms with Crippen LogP contribution in [0.1, 0.15) is 21.5 Å². The van der Waals surface area contributed by atoms with Gasteiger partial charge in [-0.3, -0.25) is 4.79 Å². The van der Waals surface area contributed by atoms with Crippen LogP contribution in [0.15, 0.2) is 60.1 Å². The number of fused-ring (bicyclic) bond motifs is 1. The van der Waals surface area contributed by atoms with E-state index in [1.807, 2.05) is 13.2 Å². The first-order valence-corrected chi connectivity index (χ1v) is 10.8. The molecule has 0 atom stereocenters. The molecule has 0 unspecified atom stereocenters. The maximum atomic E-state index is 12.7. The molecule has 4 aromatic rings. The maximum Gasteiger partial charge on any atom is 0.416 e. The van der Waals surface area contributed by atoms with Crippen molar-refractivity contribution >= 4 is 45.9 Å². The zero-order valence-electron chi connectivity index (χ0n) is 17.4. The van der Waals surface area contributed by atoms with Crippen molar-refractivity contribution < 1.29 is 18.0 Å². The van der Waals surface area contributed by atoms with Crippen molar-refractivity contribution in [1.82, 2.24) is 19.9 Å². The zero-order valence-corrected chi connectivity index (χ0v) is 18.3. The molecule has 33 heavy (non-hydrogen) atoms. The molecule has 0 saturated carbocycles. The summed E-state index contributed by atoms with van der Waals surface area (Å²) in [5.41, 5.74) is 1.82. The molecular weight excluding hydrogens is 453 g/mol. The van der Waals surface area contributed by atoms with E-state index in [1.165, 1.54) is 18.1 Å². The number of carbonyl (C=O) groups excluding carboxylic acids is 1. The molecule has 2 aromatic heterocycles. The molecule has 0 spiro atoms. The summed E-state index contributed by atoms with van der Waals surface area (Å²) in [5, 5.41) is 7.14. The Bertz CT molecular complexity index is 1330. The summed E-state index contributed by atoms with van der Waals surface area (Å²) in [6.45, 7) is 1.88. The van der Waals surface area contributed by atoms with Gasteiger partial charge in [0.2, 0.25) is 0 Å². The first-order chi connectivity index (χ1) is 15.7. The number of thioether (sulfide) groups is 1. The lowest BCUT2D eigenvalue weighted by atomic mass is 10.1. The Balaban J connectivity index is 1.56. The molecule has 0 radical (unpaired) electrons. The van der Waals surface area contributed by atoms with Crippen LogP contribution in [-0.4, -0.2) is 32.1 Å². The van der Waals surface area contributed by atoms with Gasteiger partial charge in [-0.2, -0.15) is 13.2 Å². The topological polar surface area (TPSA) is 92.7 Å². The minimum atomic E-state index is -4.46. The van der Waals surface area contributed by atoms with Crippen LogP contribution in [0.5, 0.6) is 0 Å². The van der Waals surface area contributed by atoms with E-state index in [-0.39, 0.29) is 5.56 Å². The standard InChI is InChI=1S/C22H17F3N6OS/c1-12-3-8-15(29-20(32)13-4-6-14(7-5-13)22(23,24)25)9-17(12)30-18-16-10-26-21(33-2)31-19(16)28-11-27-18/h3-11H,1-2H3,(H,29,32)(H,26,27,28,30,31). The molecule has 0 aliphatic rings. The normalized spacial score (nSPS) is 11.4. The molecule has 0 bridgehead atoms. The van der Waals surface area contributed by atoms with Crippen molar-refractivity contribution in [2.45, 2.75) is 18.3 Å². The summed E-state index contributed by atoms with van der Waals surface area (Å²) in [5.74, 6) is -0.0222. The van der Waals surface area contributed by atoms with Crippen molar-refractivity contribution in [2.75, 3.05) is 16.9 Å². The van der Waals surface area contributed by atoms with Crippen LogP contribution in [0.2, 0.25) is 0 Å². The van der Waals surface area contributed by atoms with Gasteiger partial charge < -0.3 is 10.6 Å². The average Bonchev–Trinajstić information content (AvgIpc) is 2.80. The summed E-state index contributed by atoms with van der Waals surface area (Å²) < 4.78 is 38.2. The fourth-order valence-corrected chi connectivity index (χ4v) is 3.34. The van der Waals surface area contributed by atoms with Gasteiger partial charge in [0.05, 0.1) is 10.9 Å². The predicted octanol–water partition coefficient (Wildman–Crippen LogP) is 5.46. The molecule has 0 aliphatic carbocycles. The molecule has 2 N–H and O–H groups in total. The lowest BCUT2D eigenvalue weighted by Gasteiger charge is -2.13. The van der Waals surface area contributed by atoms with Gasteiger partial charge in [-0.15, -0.1) is 0 Å². The van der Waals surface area contributed by atoms with Crippen molar-refractivity contribution in [3.8, 4) is 0 Å². The van der Waals surface area contributed by atoms with Crippen LogP contribution in [0.25, 0.3) is 11.0 Å². The third-order valence-electron chi connectivity index (χ3n) is 4.77. The number of aryl methyl sites for hydroxylation is 1. The monoisotopic (exact) mass is 470 g/mol. The molecule has 0 fully saturated rings. The van der Waals surface area contributed by atoms with Gasteiger partial charge in [0.25, 0.3) is 5.91 Å². The van der Waals surface area contributed by atoms with E-state index in [1.54, 1.807) is 24.4 Å². The fraction of sp³-hybridized carbons (Fsp3) is 0.136. The van der Waals surface area contributed by atoms with E-state index < -0.39 is 17.6 Å². The van der Waals surface area contributed by atoms with Crippen LogP contribution in [0.4, 0.5) is 30.4 Å². The Morgan fingerprint density at radius 2 is 1.79 bits per heavy atom. The summed E-state index contributed by atoms with van der Waals surface area (Å²) in [7, 11) is 0. The van der Waals surface area contributed by atoms with E-state index in [0.29, 0.717) is 33.4 Å². The van der Waals surface area contributed by atoms with Crippen molar-refractivity contribution in [1.29, 1.82) is 0 Å². The summed E-state index contributed by atoms with van der Waals surface area (Å²) in [6, 6.07) is 9.25. The molecular formula is C22H17F3N6OS. The number of rotatable bonds is 5. The number of amides is 1. The molecule has 11 heteroatoms. The maximum absolute atomic E-state index is 12.7. The zero-order chi connectivity index (χ0) is 23.6. The van der Waals surface area contributed by atoms with Gasteiger partial charge in [0, 0.05) is 23.1 Å². The van der Waals surface area contributed by atoms with Gasteiger partial charge in [0.1, 0.15) is 12.1 Å². The molecule has 168 valence electrons. The highest BCUT2D eigenvalue weighted by atomic mass is 32.2. The molecule has 2 aromatic carbocycles. The van der Waals surface area contributed by atoms with Crippen molar-refractivity contribution in [3.05, 3.63) is 71.7 Å². The van der Waals surface area contributed by atoms with E-state index in [2.05, 4.69) is 30.6 Å². The predicted molar refractivity (Wildman–Crippen MR) is 121 cm³/mol. The Labute approximate surface area is 190 Å². The Kier molecular flexibility index (Phi) is 6.14. The number of halogens is 3. The largest absolute Gasteiger partial charge is 0.416 e. The summed E-state index contributed by atoms with van der Waals surface area (Å²) in [4.78, 5) is 29.6. The number of carbonyl (C=O) groups is 1. The average molecular weight is 470 g/mol. The van der Waals surface area contributed by atoms with Gasteiger partial charge in [-0.25, -0.2) is 19.9 Å². The van der Waals surface area contributed by atoms with Gasteiger partial charge >= 0.3 is 6.18 Å². The third kappa shape index (κ3) is 5.03. The van der Waals surface area contributed by atoms with Gasteiger partial charge in [-0.1, -0.05) is 17.8 Å². The second kappa shape index (κ2) is 9.02. The molecule has 2 heterocycles. The molecule has 0 aliphatic heterocycles. The summed E-state index contributed by atoms with van der Waals surface area (Å²) >= 11 is 1.40. The minimum absolute atomic E-state index is 0.113. The van der Waals surface area contributed by atoms with Crippen LogP contribution < -0.4 is 10.6 Å². The smallest absolute Gasteiger partial charge is 0.339 e. The number of aromatic nitrogens is 4. The Morgan fingerprint density at radius 1 is 1.03 bits per heavy atom. The third-order valence-corrected chi connectivity index (χ3v) is 5.34. The SMILES string of the molecule is CSc1ncc2c(Nc3cc(NC(=O)c4ccc(C(F)(F)F)cc4)ccc3C)ncnc2n1. The van der Waals surface area contributed by atoms with Crippen LogP contribution >= 0.6 is 11.8 Å². The lowest BCUT2D eigenvalue weighted by Crippen LogP contribution is -2.13. The lowest BCUT2D eigenvalue weighted by molar-refractivity contribution is -0.137. The van der Waals surface area contributed by atoms with Crippen LogP contribution in [-0.2, 0) is 6.18 Å². The van der Waals surface area contributed by atoms with Crippen molar-refractivity contribution in [2.24, 2.45) is 0 Å². The highest BCUT2D eigenvalue weighted by molar-refractivity contribution is 7.98. The number of nitrogens with zero attached hydrogens (tertiary/aromatic N) is 4. The molecule has 1 amide bonds. The Morgan fingerprint density at radius 3 is 2.48 bits per heavy atom. The molecule has 7 nitrogen and oxygen atoms in total. The number of anilines is 3. The van der Waals surface area contributed by atoms with Crippen LogP contribution in [0.3, 0.4) is 0 Å². The molecule has 0 saturated heterocycles. The first-order valence-electron chi connectivity index (χ1n) is 9.62. The van der Waals surface area contributed by atoms with E-state index in [4.69, 9.17) is 0 Å². The van der Waals surface area contributed by atoms with Gasteiger partial charge in [-0.05, 0) is 55.1 Å². The number of hydrogen-bond acceptors (Lipinski definition) is 7. The molecule has 4 rings (SSSR count). The minimum Gasteiger partial charge on any atom is -0.339 e. The van der Waals surface area contributed by atoms with Crippen LogP contribution in [0, 0.1) is 6.92 Å².